The van der Waals surface area contributed by atoms with Crippen molar-refractivity contribution in [3.05, 3.63) is 11.5 Å². The summed E-state index contributed by atoms with van der Waals surface area (Å²) in [6, 6.07) is 0. The summed E-state index contributed by atoms with van der Waals surface area (Å²) >= 11 is 0. The van der Waals surface area contributed by atoms with Crippen LogP contribution in [-0.2, 0) is 22.4 Å². The van der Waals surface area contributed by atoms with Gasteiger partial charge in [0.05, 0.1) is 19.3 Å². The van der Waals surface area contributed by atoms with E-state index < -0.39 is 5.97 Å². The van der Waals surface area contributed by atoms with Crippen LogP contribution in [0, 0.1) is 0 Å². The summed E-state index contributed by atoms with van der Waals surface area (Å²) in [5.74, 6) is 0.647. The summed E-state index contributed by atoms with van der Waals surface area (Å²) in [4.78, 5) is 16.0. The lowest BCUT2D eigenvalue weighted by molar-refractivity contribution is 0.0520. The van der Waals surface area contributed by atoms with Crippen molar-refractivity contribution < 1.29 is 14.3 Å². The van der Waals surface area contributed by atoms with Crippen LogP contribution in [0.1, 0.15) is 44.0 Å². The molecule has 0 atom stereocenters. The molecular formula is C13H23N3O3. The van der Waals surface area contributed by atoms with Gasteiger partial charge in [0.15, 0.2) is 5.69 Å². The number of esters is 1. The first-order valence-corrected chi connectivity index (χ1v) is 6.64. The number of nitrogens with two attached hydrogens (primary N) is 1. The molecule has 2 N–H and O–H groups in total. The highest BCUT2D eigenvalue weighted by Crippen LogP contribution is 2.16. The maximum absolute atomic E-state index is 11.7. The second-order valence-electron chi connectivity index (χ2n) is 4.41. The first-order chi connectivity index (χ1) is 9.01. The second kappa shape index (κ2) is 7.13. The molecule has 0 aromatic carbocycles. The van der Waals surface area contributed by atoms with E-state index in [9.17, 15) is 4.79 Å². The minimum absolute atomic E-state index is 0.166. The van der Waals surface area contributed by atoms with Gasteiger partial charge in [0.1, 0.15) is 11.6 Å². The molecule has 0 saturated heterocycles. The van der Waals surface area contributed by atoms with Crippen LogP contribution in [0.2, 0.25) is 0 Å². The third kappa shape index (κ3) is 3.96. The van der Waals surface area contributed by atoms with Gasteiger partial charge in [0, 0.05) is 13.0 Å². The highest BCUT2D eigenvalue weighted by molar-refractivity contribution is 5.92. The Morgan fingerprint density at radius 3 is 2.63 bits per heavy atom. The van der Waals surface area contributed by atoms with E-state index >= 15 is 0 Å². The lowest BCUT2D eigenvalue weighted by Gasteiger charge is -2.11. The minimum atomic E-state index is -0.474. The van der Waals surface area contributed by atoms with E-state index in [4.69, 9.17) is 15.2 Å². The molecule has 0 aliphatic heterocycles. The molecular weight excluding hydrogens is 246 g/mol. The molecule has 0 unspecified atom stereocenters. The van der Waals surface area contributed by atoms with Gasteiger partial charge in [0.2, 0.25) is 0 Å². The van der Waals surface area contributed by atoms with E-state index in [1.807, 2.05) is 25.3 Å². The molecule has 1 heterocycles. The molecule has 0 saturated carbocycles. The Morgan fingerprint density at radius 2 is 2.11 bits per heavy atom. The van der Waals surface area contributed by atoms with Gasteiger partial charge in [-0.3, -0.25) is 0 Å². The summed E-state index contributed by atoms with van der Waals surface area (Å²) in [7, 11) is 0. The number of hydrogen-bond acceptors (Lipinski definition) is 5. The Kier molecular flexibility index (Phi) is 5.82. The smallest absolute Gasteiger partial charge is 0.360 e. The van der Waals surface area contributed by atoms with Crippen molar-refractivity contribution in [2.45, 2.75) is 46.8 Å². The lowest BCUT2D eigenvalue weighted by atomic mass is 10.4. The van der Waals surface area contributed by atoms with Gasteiger partial charge in [-0.05, 0) is 20.8 Å². The molecule has 1 aromatic rings. The van der Waals surface area contributed by atoms with Crippen LogP contribution in [-0.4, -0.2) is 34.8 Å². The summed E-state index contributed by atoms with van der Waals surface area (Å²) in [6.07, 6.45) is 0.866. The highest BCUT2D eigenvalue weighted by Gasteiger charge is 2.20. The average Bonchev–Trinajstić information content (AvgIpc) is 2.67. The third-order valence-corrected chi connectivity index (χ3v) is 2.64. The van der Waals surface area contributed by atoms with Crippen LogP contribution in [0.3, 0.4) is 0 Å². The number of ether oxygens (including phenoxy) is 2. The van der Waals surface area contributed by atoms with E-state index in [0.29, 0.717) is 32.0 Å². The van der Waals surface area contributed by atoms with Gasteiger partial charge in [-0.15, -0.1) is 0 Å². The summed E-state index contributed by atoms with van der Waals surface area (Å²) in [5.41, 5.74) is 6.17. The number of nitrogens with zero attached hydrogens (tertiary/aromatic N) is 2. The van der Waals surface area contributed by atoms with Gasteiger partial charge < -0.3 is 19.8 Å². The molecule has 6 heteroatoms. The van der Waals surface area contributed by atoms with E-state index in [-0.39, 0.29) is 11.8 Å². The number of rotatable bonds is 7. The van der Waals surface area contributed by atoms with Gasteiger partial charge >= 0.3 is 5.97 Å². The van der Waals surface area contributed by atoms with Crippen LogP contribution in [0.4, 0.5) is 5.82 Å². The zero-order valence-electron chi connectivity index (χ0n) is 12.1. The Hall–Kier alpha value is -1.56. The Morgan fingerprint density at radius 1 is 1.42 bits per heavy atom. The molecule has 0 fully saturated rings. The maximum atomic E-state index is 11.7. The summed E-state index contributed by atoms with van der Waals surface area (Å²) in [6.45, 7) is 9.10. The maximum Gasteiger partial charge on any atom is 0.360 e. The number of aromatic nitrogens is 2. The summed E-state index contributed by atoms with van der Waals surface area (Å²) < 4.78 is 12.2. The molecule has 0 bridgehead atoms. The van der Waals surface area contributed by atoms with E-state index in [1.54, 1.807) is 6.92 Å². The van der Waals surface area contributed by atoms with Crippen LogP contribution in [0.15, 0.2) is 0 Å². The van der Waals surface area contributed by atoms with Crippen LogP contribution in [0.25, 0.3) is 0 Å². The first kappa shape index (κ1) is 15.5. The van der Waals surface area contributed by atoms with Gasteiger partial charge in [-0.25, -0.2) is 9.78 Å². The Bertz CT molecular complexity index is 427. The van der Waals surface area contributed by atoms with Crippen molar-refractivity contribution in [1.29, 1.82) is 0 Å². The fourth-order valence-electron chi connectivity index (χ4n) is 1.76. The molecule has 6 nitrogen and oxygen atoms in total. The SMILES string of the molecule is CCOC(=O)c1nc(CC)n(CCOC(C)C)c1N. The Labute approximate surface area is 113 Å². The van der Waals surface area contributed by atoms with Crippen molar-refractivity contribution in [1.82, 2.24) is 9.55 Å². The zero-order valence-corrected chi connectivity index (χ0v) is 12.1. The molecule has 19 heavy (non-hydrogen) atoms. The van der Waals surface area contributed by atoms with Crippen molar-refractivity contribution >= 4 is 11.8 Å². The average molecular weight is 269 g/mol. The minimum Gasteiger partial charge on any atom is -0.461 e. The normalized spacial score (nSPS) is 11.0. The number of hydrogen-bond donors (Lipinski definition) is 1. The van der Waals surface area contributed by atoms with Crippen molar-refractivity contribution in [3.63, 3.8) is 0 Å². The highest BCUT2D eigenvalue weighted by atomic mass is 16.5. The van der Waals surface area contributed by atoms with Crippen molar-refractivity contribution in [3.8, 4) is 0 Å². The monoisotopic (exact) mass is 269 g/mol. The number of nitrogen functional groups attached to an aromatic ring is 1. The molecule has 0 aliphatic carbocycles. The topological polar surface area (TPSA) is 79.4 Å². The van der Waals surface area contributed by atoms with Crippen LogP contribution < -0.4 is 5.73 Å². The predicted molar refractivity (Wildman–Crippen MR) is 73.1 cm³/mol. The Balaban J connectivity index is 2.87. The van der Waals surface area contributed by atoms with Crippen molar-refractivity contribution in [2.75, 3.05) is 18.9 Å². The third-order valence-electron chi connectivity index (χ3n) is 2.64. The molecule has 1 aromatic heterocycles. The van der Waals surface area contributed by atoms with E-state index in [2.05, 4.69) is 4.98 Å². The largest absolute Gasteiger partial charge is 0.461 e. The van der Waals surface area contributed by atoms with Crippen LogP contribution >= 0.6 is 0 Å². The number of imidazole rings is 1. The van der Waals surface area contributed by atoms with E-state index in [0.717, 1.165) is 5.82 Å². The predicted octanol–water partition coefficient (Wildman–Crippen LogP) is 1.63. The fourth-order valence-corrected chi connectivity index (χ4v) is 1.76. The zero-order chi connectivity index (χ0) is 14.4. The molecule has 108 valence electrons. The fraction of sp³-hybridized carbons (Fsp3) is 0.692. The van der Waals surface area contributed by atoms with Gasteiger partial charge in [-0.2, -0.15) is 0 Å². The number of carbonyl (C=O) groups excluding carboxylic acids is 1. The number of aryl methyl sites for hydroxylation is 1. The van der Waals surface area contributed by atoms with Crippen molar-refractivity contribution in [2.24, 2.45) is 0 Å². The number of carbonyl (C=O) groups is 1. The molecule has 0 amide bonds. The van der Waals surface area contributed by atoms with E-state index in [1.165, 1.54) is 0 Å². The first-order valence-electron chi connectivity index (χ1n) is 6.64. The lowest BCUT2D eigenvalue weighted by Crippen LogP contribution is -2.15. The summed E-state index contributed by atoms with van der Waals surface area (Å²) in [5, 5.41) is 0. The standard InChI is InChI=1S/C13H23N3O3/c1-5-10-15-11(13(17)18-6-2)12(14)16(10)7-8-19-9(3)4/h9H,5-8,14H2,1-4H3. The molecule has 1 rings (SSSR count). The number of anilines is 1. The van der Waals surface area contributed by atoms with Gasteiger partial charge in [0.25, 0.3) is 0 Å². The van der Waals surface area contributed by atoms with Crippen LogP contribution in [0.5, 0.6) is 0 Å². The quantitative estimate of drug-likeness (QED) is 0.761. The molecule has 0 aliphatic rings. The molecule has 0 spiro atoms. The van der Waals surface area contributed by atoms with Gasteiger partial charge in [-0.1, -0.05) is 6.92 Å². The second-order valence-corrected chi connectivity index (χ2v) is 4.41. The molecule has 0 radical (unpaired) electrons.